The van der Waals surface area contributed by atoms with Gasteiger partial charge in [-0.15, -0.1) is 0 Å². The zero-order valence-corrected chi connectivity index (χ0v) is 13.0. The van der Waals surface area contributed by atoms with Crippen LogP contribution in [0.3, 0.4) is 0 Å². The van der Waals surface area contributed by atoms with Crippen LogP contribution in [0.4, 0.5) is 0 Å². The number of piperidine rings is 1. The fourth-order valence-electron chi connectivity index (χ4n) is 2.26. The van der Waals surface area contributed by atoms with Gasteiger partial charge in [-0.3, -0.25) is 0 Å². The van der Waals surface area contributed by atoms with Crippen LogP contribution in [-0.4, -0.2) is 58.7 Å². The first-order chi connectivity index (χ1) is 8.95. The molecule has 1 heterocycles. The average molecular weight is 293 g/mol. The largest absolute Gasteiger partial charge is 0.377 e. The van der Waals surface area contributed by atoms with E-state index in [1.165, 1.54) is 0 Å². The van der Waals surface area contributed by atoms with E-state index in [0.29, 0.717) is 32.2 Å². The molecule has 0 aromatic heterocycles. The first-order valence-corrected chi connectivity index (χ1v) is 8.40. The third kappa shape index (κ3) is 6.18. The van der Waals surface area contributed by atoms with E-state index in [0.717, 1.165) is 19.4 Å². The standard InChI is InChI=1S/C12H27N3O3S/c1-11(2)18-8-6-14-19(16,17)15-7-4-5-12(10-15)9-13-3/h11-14H,4-10H2,1-3H3. The summed E-state index contributed by atoms with van der Waals surface area (Å²) in [6.45, 7) is 6.67. The Labute approximate surface area is 117 Å². The van der Waals surface area contributed by atoms with E-state index in [1.807, 2.05) is 20.9 Å². The molecule has 114 valence electrons. The zero-order valence-electron chi connectivity index (χ0n) is 12.2. The van der Waals surface area contributed by atoms with Crippen LogP contribution in [0, 0.1) is 5.92 Å². The van der Waals surface area contributed by atoms with E-state index in [9.17, 15) is 8.42 Å². The second-order valence-electron chi connectivity index (χ2n) is 5.24. The highest BCUT2D eigenvalue weighted by Gasteiger charge is 2.28. The minimum Gasteiger partial charge on any atom is -0.377 e. The number of hydrogen-bond acceptors (Lipinski definition) is 4. The smallest absolute Gasteiger partial charge is 0.279 e. The van der Waals surface area contributed by atoms with Crippen LogP contribution in [0.5, 0.6) is 0 Å². The van der Waals surface area contributed by atoms with Crippen LogP contribution >= 0.6 is 0 Å². The van der Waals surface area contributed by atoms with Crippen LogP contribution in [0.15, 0.2) is 0 Å². The fraction of sp³-hybridized carbons (Fsp3) is 1.00. The van der Waals surface area contributed by atoms with Gasteiger partial charge in [0, 0.05) is 19.6 Å². The van der Waals surface area contributed by atoms with E-state index >= 15 is 0 Å². The lowest BCUT2D eigenvalue weighted by Gasteiger charge is -2.31. The van der Waals surface area contributed by atoms with Crippen molar-refractivity contribution in [3.05, 3.63) is 0 Å². The van der Waals surface area contributed by atoms with Crippen molar-refractivity contribution in [2.24, 2.45) is 5.92 Å². The number of rotatable bonds is 8. The molecule has 19 heavy (non-hydrogen) atoms. The summed E-state index contributed by atoms with van der Waals surface area (Å²) in [5.41, 5.74) is 0. The molecule has 0 aliphatic carbocycles. The zero-order chi connectivity index (χ0) is 14.3. The van der Waals surface area contributed by atoms with E-state index in [2.05, 4.69) is 10.0 Å². The Morgan fingerprint density at radius 3 is 2.79 bits per heavy atom. The Morgan fingerprint density at radius 1 is 1.42 bits per heavy atom. The second-order valence-corrected chi connectivity index (χ2v) is 7.00. The molecule has 7 heteroatoms. The van der Waals surface area contributed by atoms with Gasteiger partial charge in [0.25, 0.3) is 10.2 Å². The molecule has 1 fully saturated rings. The van der Waals surface area contributed by atoms with Crippen LogP contribution < -0.4 is 10.0 Å². The molecular weight excluding hydrogens is 266 g/mol. The SMILES string of the molecule is CNCC1CCCN(S(=O)(=O)NCCOC(C)C)C1. The normalized spacial score (nSPS) is 22.0. The summed E-state index contributed by atoms with van der Waals surface area (Å²) in [7, 11) is -1.46. The second kappa shape index (κ2) is 8.16. The first kappa shape index (κ1) is 16.8. The van der Waals surface area contributed by atoms with Gasteiger partial charge in [0.2, 0.25) is 0 Å². The molecule has 2 N–H and O–H groups in total. The molecule has 1 aliphatic rings. The van der Waals surface area contributed by atoms with Gasteiger partial charge in [-0.2, -0.15) is 17.4 Å². The Balaban J connectivity index is 2.38. The molecule has 0 saturated carbocycles. The lowest BCUT2D eigenvalue weighted by Crippen LogP contribution is -2.48. The van der Waals surface area contributed by atoms with E-state index in [4.69, 9.17) is 4.74 Å². The van der Waals surface area contributed by atoms with Crippen molar-refractivity contribution in [3.63, 3.8) is 0 Å². The molecule has 1 atom stereocenters. The Morgan fingerprint density at radius 2 is 2.16 bits per heavy atom. The lowest BCUT2D eigenvalue weighted by atomic mass is 10.00. The van der Waals surface area contributed by atoms with Crippen molar-refractivity contribution in [1.82, 2.24) is 14.3 Å². The molecule has 1 unspecified atom stereocenters. The molecule has 0 aromatic rings. The number of nitrogens with one attached hydrogen (secondary N) is 2. The third-order valence-corrected chi connectivity index (χ3v) is 4.73. The van der Waals surface area contributed by atoms with E-state index in [1.54, 1.807) is 4.31 Å². The molecular formula is C12H27N3O3S. The third-order valence-electron chi connectivity index (χ3n) is 3.15. The lowest BCUT2D eigenvalue weighted by molar-refractivity contribution is 0.0830. The van der Waals surface area contributed by atoms with Gasteiger partial charge in [0.15, 0.2) is 0 Å². The summed E-state index contributed by atoms with van der Waals surface area (Å²) in [6.07, 6.45) is 2.14. The first-order valence-electron chi connectivity index (χ1n) is 6.96. The monoisotopic (exact) mass is 293 g/mol. The summed E-state index contributed by atoms with van der Waals surface area (Å²) in [4.78, 5) is 0. The van der Waals surface area contributed by atoms with Gasteiger partial charge in [-0.1, -0.05) is 0 Å². The fourth-order valence-corrected chi connectivity index (χ4v) is 3.56. The molecule has 0 amide bonds. The summed E-state index contributed by atoms with van der Waals surface area (Å²) >= 11 is 0. The Kier molecular flexibility index (Phi) is 7.23. The molecule has 0 aromatic carbocycles. The Bertz CT molecular complexity index is 344. The van der Waals surface area contributed by atoms with E-state index < -0.39 is 10.2 Å². The molecule has 0 bridgehead atoms. The van der Waals surface area contributed by atoms with Crippen LogP contribution in [0.1, 0.15) is 26.7 Å². The summed E-state index contributed by atoms with van der Waals surface area (Å²) in [5.74, 6) is 0.405. The predicted molar refractivity (Wildman–Crippen MR) is 76.2 cm³/mol. The predicted octanol–water partition coefficient (Wildman–Crippen LogP) is 0.177. The van der Waals surface area contributed by atoms with Gasteiger partial charge in [0.1, 0.15) is 0 Å². The van der Waals surface area contributed by atoms with Crippen molar-refractivity contribution in [1.29, 1.82) is 0 Å². The van der Waals surface area contributed by atoms with Gasteiger partial charge in [-0.25, -0.2) is 0 Å². The minimum atomic E-state index is -3.36. The highest BCUT2D eigenvalue weighted by molar-refractivity contribution is 7.87. The maximum atomic E-state index is 12.1. The van der Waals surface area contributed by atoms with Crippen LogP contribution in [-0.2, 0) is 14.9 Å². The van der Waals surface area contributed by atoms with Crippen molar-refractivity contribution in [3.8, 4) is 0 Å². The maximum absolute atomic E-state index is 12.1. The molecule has 0 radical (unpaired) electrons. The van der Waals surface area contributed by atoms with Crippen molar-refractivity contribution in [2.45, 2.75) is 32.8 Å². The Hall–Kier alpha value is -0.210. The van der Waals surface area contributed by atoms with Crippen LogP contribution in [0.25, 0.3) is 0 Å². The number of ether oxygens (including phenoxy) is 1. The molecule has 1 aliphatic heterocycles. The number of hydrogen-bond donors (Lipinski definition) is 2. The minimum absolute atomic E-state index is 0.125. The highest BCUT2D eigenvalue weighted by Crippen LogP contribution is 2.17. The molecule has 0 spiro atoms. The summed E-state index contributed by atoms with van der Waals surface area (Å²) in [5, 5.41) is 3.11. The van der Waals surface area contributed by atoms with Crippen molar-refractivity contribution >= 4 is 10.2 Å². The van der Waals surface area contributed by atoms with Gasteiger partial charge >= 0.3 is 0 Å². The highest BCUT2D eigenvalue weighted by atomic mass is 32.2. The van der Waals surface area contributed by atoms with Crippen molar-refractivity contribution in [2.75, 3.05) is 39.8 Å². The molecule has 6 nitrogen and oxygen atoms in total. The quantitative estimate of drug-likeness (QED) is 0.626. The summed E-state index contributed by atoms with van der Waals surface area (Å²) in [6, 6.07) is 0. The average Bonchev–Trinajstić information content (AvgIpc) is 2.35. The van der Waals surface area contributed by atoms with Gasteiger partial charge in [-0.05, 0) is 46.2 Å². The van der Waals surface area contributed by atoms with Crippen LogP contribution in [0.2, 0.25) is 0 Å². The van der Waals surface area contributed by atoms with Gasteiger partial charge < -0.3 is 10.1 Å². The van der Waals surface area contributed by atoms with Crippen molar-refractivity contribution < 1.29 is 13.2 Å². The van der Waals surface area contributed by atoms with Gasteiger partial charge in [0.05, 0.1) is 12.7 Å². The maximum Gasteiger partial charge on any atom is 0.279 e. The molecule has 1 rings (SSSR count). The topological polar surface area (TPSA) is 70.7 Å². The number of nitrogens with zero attached hydrogens (tertiary/aromatic N) is 1. The van der Waals surface area contributed by atoms with E-state index in [-0.39, 0.29) is 6.10 Å². The molecule has 1 saturated heterocycles. The summed E-state index contributed by atoms with van der Waals surface area (Å²) < 4.78 is 33.7.